The third kappa shape index (κ3) is 2.31. The summed E-state index contributed by atoms with van der Waals surface area (Å²) in [7, 11) is 0. The second-order valence-electron chi connectivity index (χ2n) is 3.77. The van der Waals surface area contributed by atoms with E-state index in [4.69, 9.17) is 5.21 Å². The van der Waals surface area contributed by atoms with Gasteiger partial charge >= 0.3 is 0 Å². The summed E-state index contributed by atoms with van der Waals surface area (Å²) in [5.74, 6) is 0. The first-order valence-corrected chi connectivity index (χ1v) is 4.35. The molecule has 1 aromatic rings. The second kappa shape index (κ2) is 4.21. The molecule has 4 nitrogen and oxygen atoms in total. The molecule has 0 aliphatic rings. The van der Waals surface area contributed by atoms with Gasteiger partial charge < -0.3 is 5.21 Å². The molecule has 0 aromatic carbocycles. The van der Waals surface area contributed by atoms with Crippen LogP contribution in [-0.4, -0.2) is 27.4 Å². The number of oxime groups is 1. The molecule has 0 saturated heterocycles. The van der Waals surface area contributed by atoms with Crippen molar-refractivity contribution in [1.82, 2.24) is 9.78 Å². The third-order valence-corrected chi connectivity index (χ3v) is 2.11. The van der Waals surface area contributed by atoms with Crippen molar-refractivity contribution >= 4 is 5.71 Å². The standard InChI is InChI=1S/C9H14FN3O/c1-9(2,7-10)8(12-14)6-13-5-3-4-11-13/h3-5,14H,6-7H2,1-2H3/b12-8-. The normalized spacial score (nSPS) is 13.2. The van der Waals surface area contributed by atoms with Crippen molar-refractivity contribution in [3.8, 4) is 0 Å². The Hall–Kier alpha value is -1.39. The molecule has 0 saturated carbocycles. The van der Waals surface area contributed by atoms with Crippen molar-refractivity contribution in [3.05, 3.63) is 18.5 Å². The van der Waals surface area contributed by atoms with Crippen molar-refractivity contribution in [2.45, 2.75) is 20.4 Å². The molecular formula is C9H14FN3O. The maximum atomic E-state index is 12.6. The minimum absolute atomic E-state index is 0.306. The summed E-state index contributed by atoms with van der Waals surface area (Å²) in [4.78, 5) is 0. The van der Waals surface area contributed by atoms with Gasteiger partial charge in [0.2, 0.25) is 0 Å². The van der Waals surface area contributed by atoms with Crippen molar-refractivity contribution < 1.29 is 9.60 Å². The maximum Gasteiger partial charge on any atom is 0.0999 e. The molecule has 78 valence electrons. The summed E-state index contributed by atoms with van der Waals surface area (Å²) in [6, 6.07) is 1.76. The van der Waals surface area contributed by atoms with E-state index in [1.807, 2.05) is 0 Å². The highest BCUT2D eigenvalue weighted by Gasteiger charge is 2.26. The lowest BCUT2D eigenvalue weighted by Gasteiger charge is -2.21. The van der Waals surface area contributed by atoms with Crippen molar-refractivity contribution in [2.24, 2.45) is 10.6 Å². The Bertz CT molecular complexity index is 306. The minimum atomic E-state index is -0.749. The molecule has 14 heavy (non-hydrogen) atoms. The fraction of sp³-hybridized carbons (Fsp3) is 0.556. The summed E-state index contributed by atoms with van der Waals surface area (Å²) in [5.41, 5.74) is -0.371. The van der Waals surface area contributed by atoms with Gasteiger partial charge in [-0.25, -0.2) is 0 Å². The van der Waals surface area contributed by atoms with E-state index >= 15 is 0 Å². The van der Waals surface area contributed by atoms with Crippen LogP contribution in [0.5, 0.6) is 0 Å². The maximum absolute atomic E-state index is 12.6. The van der Waals surface area contributed by atoms with Gasteiger partial charge in [0.25, 0.3) is 0 Å². The van der Waals surface area contributed by atoms with Crippen LogP contribution < -0.4 is 0 Å². The molecule has 1 aromatic heterocycles. The van der Waals surface area contributed by atoms with Crippen LogP contribution in [0.1, 0.15) is 13.8 Å². The van der Waals surface area contributed by atoms with Gasteiger partial charge in [-0.15, -0.1) is 0 Å². The van der Waals surface area contributed by atoms with Gasteiger partial charge in [0.05, 0.1) is 18.9 Å². The molecule has 0 radical (unpaired) electrons. The van der Waals surface area contributed by atoms with Crippen LogP contribution in [0.3, 0.4) is 0 Å². The van der Waals surface area contributed by atoms with Crippen LogP contribution in [0.4, 0.5) is 4.39 Å². The van der Waals surface area contributed by atoms with E-state index in [9.17, 15) is 4.39 Å². The highest BCUT2D eigenvalue weighted by atomic mass is 19.1. The van der Waals surface area contributed by atoms with E-state index in [2.05, 4.69) is 10.3 Å². The van der Waals surface area contributed by atoms with E-state index < -0.39 is 12.1 Å². The lowest BCUT2D eigenvalue weighted by molar-refractivity contribution is 0.287. The van der Waals surface area contributed by atoms with Gasteiger partial charge in [0.15, 0.2) is 0 Å². The Morgan fingerprint density at radius 2 is 2.36 bits per heavy atom. The van der Waals surface area contributed by atoms with E-state index in [1.165, 1.54) is 0 Å². The smallest absolute Gasteiger partial charge is 0.0999 e. The SMILES string of the molecule is CC(C)(CF)/C(Cn1cccn1)=N\O. The molecule has 0 atom stereocenters. The number of alkyl halides is 1. The summed E-state index contributed by atoms with van der Waals surface area (Å²) in [6.45, 7) is 3.12. The number of rotatable bonds is 4. The number of halogens is 1. The molecular weight excluding hydrogens is 185 g/mol. The predicted octanol–water partition coefficient (Wildman–Crippen LogP) is 1.71. The van der Waals surface area contributed by atoms with Gasteiger partial charge in [-0.2, -0.15) is 5.10 Å². The molecule has 0 aliphatic heterocycles. The van der Waals surface area contributed by atoms with Gasteiger partial charge in [-0.05, 0) is 6.07 Å². The van der Waals surface area contributed by atoms with Gasteiger partial charge in [0.1, 0.15) is 0 Å². The van der Waals surface area contributed by atoms with Crippen LogP contribution in [0, 0.1) is 5.41 Å². The summed E-state index contributed by atoms with van der Waals surface area (Å²) >= 11 is 0. The predicted molar refractivity (Wildman–Crippen MR) is 51.2 cm³/mol. The average Bonchev–Trinajstić information content (AvgIpc) is 2.66. The van der Waals surface area contributed by atoms with Gasteiger partial charge in [-0.3, -0.25) is 9.07 Å². The van der Waals surface area contributed by atoms with Crippen molar-refractivity contribution in [1.29, 1.82) is 0 Å². The van der Waals surface area contributed by atoms with Crippen molar-refractivity contribution in [3.63, 3.8) is 0 Å². The average molecular weight is 199 g/mol. The second-order valence-corrected chi connectivity index (χ2v) is 3.77. The Kier molecular flexibility index (Phi) is 3.22. The Morgan fingerprint density at radius 3 is 2.79 bits per heavy atom. The molecule has 1 N–H and O–H groups in total. The van der Waals surface area contributed by atoms with Crippen LogP contribution in [-0.2, 0) is 6.54 Å². The highest BCUT2D eigenvalue weighted by molar-refractivity contribution is 5.88. The monoisotopic (exact) mass is 199 g/mol. The Labute approximate surface area is 82.0 Å². The first-order chi connectivity index (χ1) is 6.60. The lowest BCUT2D eigenvalue weighted by Crippen LogP contribution is -2.30. The molecule has 1 heterocycles. The zero-order chi connectivity index (χ0) is 10.6. The quantitative estimate of drug-likeness (QED) is 0.456. The highest BCUT2D eigenvalue weighted by Crippen LogP contribution is 2.19. The number of aromatic nitrogens is 2. The van der Waals surface area contributed by atoms with E-state index in [0.717, 1.165) is 0 Å². The molecule has 0 bridgehead atoms. The fourth-order valence-electron chi connectivity index (χ4n) is 1.01. The molecule has 5 heteroatoms. The number of hydrogen-bond donors (Lipinski definition) is 1. The number of nitrogens with zero attached hydrogens (tertiary/aromatic N) is 3. The summed E-state index contributed by atoms with van der Waals surface area (Å²) in [6.07, 6.45) is 3.36. The van der Waals surface area contributed by atoms with E-state index in [0.29, 0.717) is 12.3 Å². The zero-order valence-corrected chi connectivity index (χ0v) is 8.31. The lowest BCUT2D eigenvalue weighted by atomic mass is 9.89. The zero-order valence-electron chi connectivity index (χ0n) is 8.31. The van der Waals surface area contributed by atoms with Crippen LogP contribution in [0.15, 0.2) is 23.6 Å². The summed E-state index contributed by atoms with van der Waals surface area (Å²) < 4.78 is 14.2. The van der Waals surface area contributed by atoms with Crippen LogP contribution in [0.25, 0.3) is 0 Å². The Morgan fingerprint density at radius 1 is 1.64 bits per heavy atom. The van der Waals surface area contributed by atoms with Crippen LogP contribution >= 0.6 is 0 Å². The third-order valence-electron chi connectivity index (χ3n) is 2.11. The molecule has 0 fully saturated rings. The van der Waals surface area contributed by atoms with E-state index in [-0.39, 0.29) is 0 Å². The van der Waals surface area contributed by atoms with Crippen molar-refractivity contribution in [2.75, 3.05) is 6.67 Å². The van der Waals surface area contributed by atoms with Gasteiger partial charge in [0, 0.05) is 17.8 Å². The molecule has 0 amide bonds. The van der Waals surface area contributed by atoms with E-state index in [1.54, 1.807) is 37.0 Å². The fourth-order valence-corrected chi connectivity index (χ4v) is 1.01. The number of hydrogen-bond acceptors (Lipinski definition) is 3. The minimum Gasteiger partial charge on any atom is -0.411 e. The topological polar surface area (TPSA) is 50.4 Å². The molecule has 1 rings (SSSR count). The Balaban J connectivity index is 2.75. The van der Waals surface area contributed by atoms with Gasteiger partial charge in [-0.1, -0.05) is 19.0 Å². The largest absolute Gasteiger partial charge is 0.411 e. The molecule has 0 unspecified atom stereocenters. The summed E-state index contributed by atoms with van der Waals surface area (Å²) in [5, 5.41) is 15.8. The molecule has 0 spiro atoms. The van der Waals surface area contributed by atoms with Crippen LogP contribution in [0.2, 0.25) is 0 Å². The first-order valence-electron chi connectivity index (χ1n) is 4.35. The molecule has 0 aliphatic carbocycles. The first kappa shape index (κ1) is 10.7.